The van der Waals surface area contributed by atoms with Gasteiger partial charge in [-0.1, -0.05) is 11.6 Å². The van der Waals surface area contributed by atoms with Crippen molar-refractivity contribution < 1.29 is 14.3 Å². The molecule has 1 aromatic carbocycles. The molecule has 0 radical (unpaired) electrons. The molecule has 0 saturated carbocycles. The number of carbonyl (C=O) groups is 2. The van der Waals surface area contributed by atoms with Gasteiger partial charge >= 0.3 is 0 Å². The Morgan fingerprint density at radius 1 is 1.28 bits per heavy atom. The largest absolute Gasteiger partial charge is 0.496 e. The van der Waals surface area contributed by atoms with Crippen molar-refractivity contribution in [3.8, 4) is 5.75 Å². The van der Waals surface area contributed by atoms with Gasteiger partial charge in [0, 0.05) is 38.8 Å². The summed E-state index contributed by atoms with van der Waals surface area (Å²) in [6.07, 6.45) is 3.62. The van der Waals surface area contributed by atoms with E-state index in [9.17, 15) is 9.59 Å². The maximum atomic E-state index is 13.2. The third kappa shape index (κ3) is 5.66. The van der Waals surface area contributed by atoms with Crippen LogP contribution in [0.4, 0.5) is 5.69 Å². The molecule has 4 N–H and O–H groups in total. The third-order valence-electron chi connectivity index (χ3n) is 6.76. The Balaban J connectivity index is 1.64. The molecule has 2 saturated heterocycles. The van der Waals surface area contributed by atoms with E-state index in [0.717, 1.165) is 51.9 Å². The zero-order chi connectivity index (χ0) is 23.3. The SMILES string of the molecule is CCN(C)C(=O)C(C1CCNCC1)N1CCC(NC(=O)c2cc(Cl)c(N)cc2OC)CC1. The number of benzene rings is 1. The zero-order valence-electron chi connectivity index (χ0n) is 19.3. The lowest BCUT2D eigenvalue weighted by molar-refractivity contribution is -0.138. The van der Waals surface area contributed by atoms with Crippen LogP contribution in [0.2, 0.25) is 5.02 Å². The van der Waals surface area contributed by atoms with Crippen LogP contribution in [0, 0.1) is 5.92 Å². The molecule has 0 bridgehead atoms. The van der Waals surface area contributed by atoms with E-state index in [1.54, 1.807) is 12.1 Å². The number of likely N-dealkylation sites (tertiary alicyclic amines) is 1. The van der Waals surface area contributed by atoms with Gasteiger partial charge in [0.1, 0.15) is 5.75 Å². The molecule has 2 amide bonds. The summed E-state index contributed by atoms with van der Waals surface area (Å²) >= 11 is 6.12. The molecule has 0 spiro atoms. The zero-order valence-corrected chi connectivity index (χ0v) is 20.1. The number of nitrogens with one attached hydrogen (secondary N) is 2. The third-order valence-corrected chi connectivity index (χ3v) is 7.08. The van der Waals surface area contributed by atoms with Crippen LogP contribution in [0.5, 0.6) is 5.75 Å². The van der Waals surface area contributed by atoms with Gasteiger partial charge in [-0.15, -0.1) is 0 Å². The first-order valence-corrected chi connectivity index (χ1v) is 11.9. The Labute approximate surface area is 195 Å². The number of nitrogens with zero attached hydrogens (tertiary/aromatic N) is 2. The smallest absolute Gasteiger partial charge is 0.255 e. The van der Waals surface area contributed by atoms with Gasteiger partial charge in [-0.3, -0.25) is 14.5 Å². The van der Waals surface area contributed by atoms with Crippen molar-refractivity contribution in [1.29, 1.82) is 0 Å². The standard InChI is InChI=1S/C23H36ClN5O3/c1-4-28(2)23(31)21(15-5-9-26-10-6-15)29-11-7-16(8-12-29)27-22(30)17-13-18(24)19(25)14-20(17)32-3/h13-16,21,26H,4-12,25H2,1-3H3,(H,27,30). The first-order chi connectivity index (χ1) is 15.3. The van der Waals surface area contributed by atoms with Crippen LogP contribution in [-0.4, -0.2) is 80.6 Å². The topological polar surface area (TPSA) is 99.9 Å². The molecule has 3 rings (SSSR count). The number of likely N-dealkylation sites (N-methyl/N-ethyl adjacent to an activating group) is 1. The average molecular weight is 466 g/mol. The van der Waals surface area contributed by atoms with Crippen molar-refractivity contribution in [2.45, 2.75) is 44.7 Å². The minimum absolute atomic E-state index is 0.0347. The Morgan fingerprint density at radius 3 is 2.53 bits per heavy atom. The van der Waals surface area contributed by atoms with Gasteiger partial charge in [0.2, 0.25) is 5.91 Å². The maximum absolute atomic E-state index is 13.2. The fourth-order valence-corrected chi connectivity index (χ4v) is 4.86. The predicted octanol–water partition coefficient (Wildman–Crippen LogP) is 1.97. The molecule has 1 aromatic rings. The van der Waals surface area contributed by atoms with Crippen LogP contribution in [0.25, 0.3) is 0 Å². The number of piperidine rings is 2. The summed E-state index contributed by atoms with van der Waals surface area (Å²) in [5, 5.41) is 6.83. The Hall–Kier alpha value is -2.03. The van der Waals surface area contributed by atoms with Crippen molar-refractivity contribution >= 4 is 29.1 Å². The molecule has 9 heteroatoms. The molecule has 2 fully saturated rings. The first-order valence-electron chi connectivity index (χ1n) is 11.5. The van der Waals surface area contributed by atoms with E-state index >= 15 is 0 Å². The minimum Gasteiger partial charge on any atom is -0.496 e. The number of anilines is 1. The van der Waals surface area contributed by atoms with Crippen LogP contribution in [-0.2, 0) is 4.79 Å². The van der Waals surface area contributed by atoms with Crippen molar-refractivity contribution in [1.82, 2.24) is 20.4 Å². The maximum Gasteiger partial charge on any atom is 0.255 e. The molecule has 0 aromatic heterocycles. The van der Waals surface area contributed by atoms with Gasteiger partial charge in [0.15, 0.2) is 0 Å². The average Bonchev–Trinajstić information content (AvgIpc) is 2.81. The summed E-state index contributed by atoms with van der Waals surface area (Å²) in [5.41, 5.74) is 6.58. The lowest BCUT2D eigenvalue weighted by Crippen LogP contribution is -2.57. The lowest BCUT2D eigenvalue weighted by Gasteiger charge is -2.42. The number of amides is 2. The van der Waals surface area contributed by atoms with Crippen LogP contribution >= 0.6 is 11.6 Å². The van der Waals surface area contributed by atoms with E-state index in [1.807, 2.05) is 18.9 Å². The Kier molecular flexibility index (Phi) is 8.62. The van der Waals surface area contributed by atoms with Gasteiger partial charge < -0.3 is 26.0 Å². The number of nitrogens with two attached hydrogens (primary N) is 1. The molecule has 2 heterocycles. The van der Waals surface area contributed by atoms with Crippen LogP contribution in [0.1, 0.15) is 43.0 Å². The minimum atomic E-state index is -0.223. The van der Waals surface area contributed by atoms with E-state index in [-0.39, 0.29) is 23.9 Å². The van der Waals surface area contributed by atoms with E-state index in [1.165, 1.54) is 7.11 Å². The molecular weight excluding hydrogens is 430 g/mol. The number of nitrogen functional groups attached to an aromatic ring is 1. The van der Waals surface area contributed by atoms with Crippen LogP contribution in [0.3, 0.4) is 0 Å². The summed E-state index contributed by atoms with van der Waals surface area (Å²) in [6.45, 7) is 6.20. The van der Waals surface area contributed by atoms with Crippen LogP contribution < -0.4 is 21.1 Å². The van der Waals surface area contributed by atoms with Crippen molar-refractivity contribution in [2.24, 2.45) is 5.92 Å². The second kappa shape index (κ2) is 11.2. The second-order valence-electron chi connectivity index (χ2n) is 8.74. The van der Waals surface area contributed by atoms with Crippen molar-refractivity contribution in [2.75, 3.05) is 52.6 Å². The Morgan fingerprint density at radius 2 is 1.94 bits per heavy atom. The summed E-state index contributed by atoms with van der Waals surface area (Å²) in [7, 11) is 3.39. The molecule has 1 atom stereocenters. The summed E-state index contributed by atoms with van der Waals surface area (Å²) in [4.78, 5) is 30.2. The number of carbonyl (C=O) groups excluding carboxylic acids is 2. The van der Waals surface area contributed by atoms with E-state index in [0.29, 0.717) is 34.5 Å². The van der Waals surface area contributed by atoms with E-state index in [4.69, 9.17) is 22.1 Å². The fourth-order valence-electron chi connectivity index (χ4n) is 4.70. The number of methoxy groups -OCH3 is 1. The highest BCUT2D eigenvalue weighted by atomic mass is 35.5. The van der Waals surface area contributed by atoms with Crippen LogP contribution in [0.15, 0.2) is 12.1 Å². The quantitative estimate of drug-likeness (QED) is 0.532. The summed E-state index contributed by atoms with van der Waals surface area (Å²) in [6, 6.07) is 3.06. The monoisotopic (exact) mass is 465 g/mol. The normalized spacial score (nSPS) is 19.4. The molecular formula is C23H36ClN5O3. The number of halogens is 1. The van der Waals surface area contributed by atoms with E-state index < -0.39 is 0 Å². The van der Waals surface area contributed by atoms with Gasteiger partial charge in [0.25, 0.3) is 5.91 Å². The lowest BCUT2D eigenvalue weighted by atomic mass is 9.87. The van der Waals surface area contributed by atoms with Crippen molar-refractivity contribution in [3.05, 3.63) is 22.7 Å². The molecule has 1 unspecified atom stereocenters. The molecule has 178 valence electrons. The first kappa shape index (κ1) is 24.6. The fraction of sp³-hybridized carbons (Fsp3) is 0.652. The number of rotatable bonds is 7. The summed E-state index contributed by atoms with van der Waals surface area (Å²) < 4.78 is 5.31. The number of hydrogen-bond acceptors (Lipinski definition) is 6. The number of hydrogen-bond donors (Lipinski definition) is 3. The second-order valence-corrected chi connectivity index (χ2v) is 9.15. The van der Waals surface area contributed by atoms with Gasteiger partial charge in [-0.05, 0) is 57.7 Å². The highest BCUT2D eigenvalue weighted by Gasteiger charge is 2.37. The molecule has 8 nitrogen and oxygen atoms in total. The molecule has 32 heavy (non-hydrogen) atoms. The highest BCUT2D eigenvalue weighted by Crippen LogP contribution is 2.30. The van der Waals surface area contributed by atoms with Gasteiger partial charge in [0.05, 0.1) is 29.4 Å². The van der Waals surface area contributed by atoms with E-state index in [2.05, 4.69) is 15.5 Å². The molecule has 2 aliphatic heterocycles. The Bertz CT molecular complexity index is 807. The highest BCUT2D eigenvalue weighted by molar-refractivity contribution is 6.33. The van der Waals surface area contributed by atoms with Gasteiger partial charge in [-0.2, -0.15) is 0 Å². The molecule has 0 aliphatic carbocycles. The number of ether oxygens (including phenoxy) is 1. The molecule has 2 aliphatic rings. The summed E-state index contributed by atoms with van der Waals surface area (Å²) in [5.74, 6) is 0.758. The van der Waals surface area contributed by atoms with Crippen molar-refractivity contribution in [3.63, 3.8) is 0 Å². The van der Waals surface area contributed by atoms with Gasteiger partial charge in [-0.25, -0.2) is 0 Å². The predicted molar refractivity (Wildman–Crippen MR) is 127 cm³/mol.